The van der Waals surface area contributed by atoms with Crippen molar-refractivity contribution in [2.45, 2.75) is 31.3 Å². The van der Waals surface area contributed by atoms with Gasteiger partial charge in [0, 0.05) is 9.85 Å². The average molecular weight is 391 g/mol. The van der Waals surface area contributed by atoms with Gasteiger partial charge in [-0.05, 0) is 39.5 Å². The van der Waals surface area contributed by atoms with E-state index >= 15 is 0 Å². The molecule has 0 radical (unpaired) electrons. The molecule has 0 unspecified atom stereocenters. The van der Waals surface area contributed by atoms with Crippen LogP contribution in [0.4, 0.5) is 5.13 Å². The van der Waals surface area contributed by atoms with Gasteiger partial charge < -0.3 is 5.11 Å². The van der Waals surface area contributed by atoms with E-state index in [1.165, 1.54) is 17.4 Å². The van der Waals surface area contributed by atoms with E-state index in [0.29, 0.717) is 15.2 Å². The van der Waals surface area contributed by atoms with Crippen molar-refractivity contribution < 1.29 is 13.5 Å². The van der Waals surface area contributed by atoms with Crippen LogP contribution in [0.25, 0.3) is 0 Å². The van der Waals surface area contributed by atoms with Gasteiger partial charge in [-0.2, -0.15) is 0 Å². The van der Waals surface area contributed by atoms with Crippen LogP contribution in [0.1, 0.15) is 31.0 Å². The number of hydrogen-bond donors (Lipinski definition) is 2. The van der Waals surface area contributed by atoms with E-state index in [1.807, 2.05) is 19.2 Å². The average Bonchev–Trinajstić information content (AvgIpc) is 2.87. The fraction of sp³-hybridized carbons (Fsp3) is 0.308. The summed E-state index contributed by atoms with van der Waals surface area (Å²) >= 11 is 4.47. The molecule has 1 heterocycles. The fourth-order valence-corrected chi connectivity index (χ4v) is 4.76. The van der Waals surface area contributed by atoms with Gasteiger partial charge in [0.1, 0.15) is 4.90 Å². The Balaban J connectivity index is 2.33. The summed E-state index contributed by atoms with van der Waals surface area (Å²) in [5.74, 6) is 0.240. The van der Waals surface area contributed by atoms with E-state index in [1.54, 1.807) is 12.1 Å². The zero-order valence-electron chi connectivity index (χ0n) is 11.5. The maximum atomic E-state index is 12.4. The molecule has 0 saturated carbocycles. The van der Waals surface area contributed by atoms with Crippen molar-refractivity contribution in [3.8, 4) is 0 Å². The molecule has 0 atom stereocenters. The van der Waals surface area contributed by atoms with Crippen LogP contribution in [0, 0.1) is 0 Å². The first-order valence-electron chi connectivity index (χ1n) is 6.21. The minimum atomic E-state index is -3.75. The molecule has 0 spiro atoms. The molecule has 0 bridgehead atoms. The van der Waals surface area contributed by atoms with E-state index in [0.717, 1.165) is 5.69 Å². The molecule has 1 aromatic heterocycles. The fourth-order valence-electron chi connectivity index (χ4n) is 1.62. The van der Waals surface area contributed by atoms with Gasteiger partial charge >= 0.3 is 0 Å². The normalized spacial score (nSPS) is 11.9. The zero-order valence-corrected chi connectivity index (χ0v) is 14.7. The molecule has 2 aromatic rings. The third kappa shape index (κ3) is 3.82. The Hall–Kier alpha value is -0.960. The molecule has 8 heteroatoms. The molecule has 0 saturated heterocycles. The summed E-state index contributed by atoms with van der Waals surface area (Å²) in [5, 5.41) is 11.3. The van der Waals surface area contributed by atoms with E-state index in [2.05, 4.69) is 25.6 Å². The number of benzene rings is 1. The van der Waals surface area contributed by atoms with Crippen molar-refractivity contribution in [3.05, 3.63) is 39.3 Å². The molecular formula is C13H15BrN2O3S2. The van der Waals surface area contributed by atoms with Gasteiger partial charge in [-0.1, -0.05) is 19.9 Å². The second kappa shape index (κ2) is 6.43. The molecule has 0 fully saturated rings. The summed E-state index contributed by atoms with van der Waals surface area (Å²) in [6.07, 6.45) is 0. The predicted molar refractivity (Wildman–Crippen MR) is 87.1 cm³/mol. The third-order valence-corrected chi connectivity index (χ3v) is 6.04. The van der Waals surface area contributed by atoms with Crippen LogP contribution < -0.4 is 4.72 Å². The minimum Gasteiger partial charge on any atom is -0.392 e. The number of hydrogen-bond acceptors (Lipinski definition) is 5. The standard InChI is InChI=1S/C13H15BrN2O3S2/c1-8(2)11-7-20-13(15-11)16-21(18,19)12-5-9(6-17)3-4-10(12)14/h3-5,7-8,17H,6H2,1-2H3,(H,15,16). The topological polar surface area (TPSA) is 79.3 Å². The van der Waals surface area contributed by atoms with Crippen molar-refractivity contribution in [2.75, 3.05) is 4.72 Å². The highest BCUT2D eigenvalue weighted by Crippen LogP contribution is 2.28. The van der Waals surface area contributed by atoms with Crippen LogP contribution in [-0.4, -0.2) is 18.5 Å². The first-order valence-corrected chi connectivity index (χ1v) is 9.36. The van der Waals surface area contributed by atoms with Gasteiger partial charge in [0.2, 0.25) is 0 Å². The molecule has 5 nitrogen and oxygen atoms in total. The quantitative estimate of drug-likeness (QED) is 0.820. The maximum Gasteiger partial charge on any atom is 0.264 e. The first kappa shape index (κ1) is 16.4. The Morgan fingerprint density at radius 2 is 2.14 bits per heavy atom. The smallest absolute Gasteiger partial charge is 0.264 e. The number of aliphatic hydroxyl groups excluding tert-OH is 1. The van der Waals surface area contributed by atoms with Gasteiger partial charge in [-0.25, -0.2) is 13.4 Å². The highest BCUT2D eigenvalue weighted by atomic mass is 79.9. The monoisotopic (exact) mass is 390 g/mol. The van der Waals surface area contributed by atoms with Gasteiger partial charge in [0.25, 0.3) is 10.0 Å². The van der Waals surface area contributed by atoms with E-state index in [9.17, 15) is 8.42 Å². The lowest BCUT2D eigenvalue weighted by Gasteiger charge is -2.08. The number of halogens is 1. The number of nitrogens with zero attached hydrogens (tertiary/aromatic N) is 1. The lowest BCUT2D eigenvalue weighted by atomic mass is 10.2. The third-order valence-electron chi connectivity index (χ3n) is 2.80. The molecule has 0 aliphatic heterocycles. The Morgan fingerprint density at radius 1 is 1.43 bits per heavy atom. The van der Waals surface area contributed by atoms with Crippen LogP contribution in [-0.2, 0) is 16.6 Å². The van der Waals surface area contributed by atoms with Gasteiger partial charge in [0.15, 0.2) is 5.13 Å². The predicted octanol–water partition coefficient (Wildman–Crippen LogP) is 3.32. The van der Waals surface area contributed by atoms with Crippen LogP contribution in [0.5, 0.6) is 0 Å². The van der Waals surface area contributed by atoms with Gasteiger partial charge in [-0.15, -0.1) is 11.3 Å². The highest BCUT2D eigenvalue weighted by Gasteiger charge is 2.20. The summed E-state index contributed by atoms with van der Waals surface area (Å²) in [5.41, 5.74) is 1.38. The van der Waals surface area contributed by atoms with Crippen LogP contribution >= 0.6 is 27.3 Å². The second-order valence-electron chi connectivity index (χ2n) is 4.76. The molecular weight excluding hydrogens is 376 g/mol. The van der Waals surface area contributed by atoms with Crippen molar-refractivity contribution in [3.63, 3.8) is 0 Å². The van der Waals surface area contributed by atoms with Crippen molar-refractivity contribution in [1.82, 2.24) is 4.98 Å². The molecule has 0 amide bonds. The van der Waals surface area contributed by atoms with E-state index < -0.39 is 10.0 Å². The lowest BCUT2D eigenvalue weighted by molar-refractivity contribution is 0.281. The molecule has 0 aliphatic carbocycles. The summed E-state index contributed by atoms with van der Waals surface area (Å²) in [6.45, 7) is 3.77. The molecule has 2 rings (SSSR count). The van der Waals surface area contributed by atoms with Crippen LogP contribution in [0.15, 0.2) is 32.9 Å². The van der Waals surface area contributed by atoms with Crippen molar-refractivity contribution >= 4 is 42.4 Å². The van der Waals surface area contributed by atoms with Crippen LogP contribution in [0.2, 0.25) is 0 Å². The number of sulfonamides is 1. The first-order chi connectivity index (χ1) is 9.83. The SMILES string of the molecule is CC(C)c1csc(NS(=O)(=O)c2cc(CO)ccc2Br)n1. The summed E-state index contributed by atoms with van der Waals surface area (Å²) in [4.78, 5) is 4.34. The minimum absolute atomic E-state index is 0.0790. The number of rotatable bonds is 5. The largest absolute Gasteiger partial charge is 0.392 e. The number of anilines is 1. The zero-order chi connectivity index (χ0) is 15.6. The Labute approximate surface area is 136 Å². The molecule has 1 aromatic carbocycles. The number of aromatic nitrogens is 1. The number of nitrogens with one attached hydrogen (secondary N) is 1. The maximum absolute atomic E-state index is 12.4. The molecule has 21 heavy (non-hydrogen) atoms. The Kier molecular flexibility index (Phi) is 5.03. The second-order valence-corrected chi connectivity index (χ2v) is 8.12. The summed E-state index contributed by atoms with van der Waals surface area (Å²) in [6, 6.07) is 4.69. The lowest BCUT2D eigenvalue weighted by Crippen LogP contribution is -2.14. The van der Waals surface area contributed by atoms with Crippen molar-refractivity contribution in [2.24, 2.45) is 0 Å². The van der Waals surface area contributed by atoms with Crippen molar-refractivity contribution in [1.29, 1.82) is 0 Å². The van der Waals surface area contributed by atoms with E-state index in [-0.39, 0.29) is 17.4 Å². The Morgan fingerprint density at radius 3 is 2.71 bits per heavy atom. The molecule has 2 N–H and O–H groups in total. The molecule has 114 valence electrons. The Bertz CT molecular complexity index is 742. The van der Waals surface area contributed by atoms with E-state index in [4.69, 9.17) is 5.11 Å². The molecule has 0 aliphatic rings. The van der Waals surface area contributed by atoms with Gasteiger partial charge in [-0.3, -0.25) is 4.72 Å². The summed E-state index contributed by atoms with van der Waals surface area (Å²) in [7, 11) is -3.75. The van der Waals surface area contributed by atoms with Gasteiger partial charge in [0.05, 0.1) is 12.3 Å². The summed E-state index contributed by atoms with van der Waals surface area (Å²) < 4.78 is 27.7. The number of thiazole rings is 1. The van der Waals surface area contributed by atoms with Crippen LogP contribution in [0.3, 0.4) is 0 Å². The highest BCUT2D eigenvalue weighted by molar-refractivity contribution is 9.10. The number of aliphatic hydroxyl groups is 1.